The van der Waals surface area contributed by atoms with Crippen molar-refractivity contribution in [2.45, 2.75) is 4.90 Å². The van der Waals surface area contributed by atoms with Gasteiger partial charge in [-0.15, -0.1) is 0 Å². The van der Waals surface area contributed by atoms with Crippen LogP contribution in [0, 0.1) is 11.3 Å². The number of benzene rings is 2. The van der Waals surface area contributed by atoms with Crippen molar-refractivity contribution in [3.63, 3.8) is 0 Å². The molecule has 0 aliphatic carbocycles. The van der Waals surface area contributed by atoms with E-state index < -0.39 is 10.0 Å². The number of anilines is 1. The first-order valence-corrected chi connectivity index (χ1v) is 7.69. The number of nitrogens with one attached hydrogen (secondary N) is 1. The number of hydrogen-bond acceptors (Lipinski definition) is 4. The number of hydrogen-bond donors (Lipinski definition) is 1. The molecule has 2 rings (SSSR count). The Labute approximate surface area is 127 Å². The molecule has 0 aliphatic rings. The fourth-order valence-corrected chi connectivity index (χ4v) is 3.13. The zero-order valence-electron chi connectivity index (χ0n) is 11.0. The molecule has 0 bridgehead atoms. The van der Waals surface area contributed by atoms with Crippen molar-refractivity contribution < 1.29 is 13.2 Å². The van der Waals surface area contributed by atoms with E-state index in [1.807, 2.05) is 6.07 Å². The van der Waals surface area contributed by atoms with Crippen LogP contribution in [0.5, 0.6) is 5.75 Å². The van der Waals surface area contributed by atoms with Crippen LogP contribution in [0.3, 0.4) is 0 Å². The Morgan fingerprint density at radius 2 is 1.95 bits per heavy atom. The summed E-state index contributed by atoms with van der Waals surface area (Å²) in [5.41, 5.74) is 0.370. The van der Waals surface area contributed by atoms with Gasteiger partial charge in [-0.1, -0.05) is 23.7 Å². The lowest BCUT2D eigenvalue weighted by Crippen LogP contribution is -2.14. The number of nitriles is 1. The van der Waals surface area contributed by atoms with Gasteiger partial charge in [-0.2, -0.15) is 5.26 Å². The third kappa shape index (κ3) is 3.27. The molecule has 2 aromatic rings. The number of methoxy groups -OCH3 is 1. The van der Waals surface area contributed by atoms with Crippen LogP contribution in [-0.2, 0) is 10.0 Å². The van der Waals surface area contributed by atoms with Crippen LogP contribution in [0.1, 0.15) is 5.56 Å². The Bertz CT molecular complexity index is 813. The summed E-state index contributed by atoms with van der Waals surface area (Å²) in [6, 6.07) is 12.3. The van der Waals surface area contributed by atoms with Gasteiger partial charge in [-0.05, 0) is 24.3 Å². The van der Waals surface area contributed by atoms with E-state index in [4.69, 9.17) is 21.6 Å². The zero-order chi connectivity index (χ0) is 15.5. The molecule has 0 aromatic heterocycles. The second-order valence-electron chi connectivity index (χ2n) is 4.06. The van der Waals surface area contributed by atoms with E-state index >= 15 is 0 Å². The molecule has 5 nitrogen and oxygen atoms in total. The van der Waals surface area contributed by atoms with Crippen molar-refractivity contribution >= 4 is 27.3 Å². The Kier molecular flexibility index (Phi) is 4.36. The van der Waals surface area contributed by atoms with Crippen molar-refractivity contribution in [2.24, 2.45) is 0 Å². The molecular weight excluding hydrogens is 312 g/mol. The van der Waals surface area contributed by atoms with Gasteiger partial charge < -0.3 is 4.74 Å². The first-order chi connectivity index (χ1) is 9.97. The highest BCUT2D eigenvalue weighted by Gasteiger charge is 2.18. The van der Waals surface area contributed by atoms with Crippen LogP contribution in [0.25, 0.3) is 0 Å². The normalized spacial score (nSPS) is 10.7. The Balaban J connectivity index is 2.40. The maximum atomic E-state index is 12.3. The summed E-state index contributed by atoms with van der Waals surface area (Å²) in [6.45, 7) is 0. The number of rotatable bonds is 4. The highest BCUT2D eigenvalue weighted by Crippen LogP contribution is 2.28. The smallest absolute Gasteiger partial charge is 0.263 e. The van der Waals surface area contributed by atoms with Gasteiger partial charge in [-0.25, -0.2) is 8.42 Å². The molecule has 0 amide bonds. The molecule has 0 atom stereocenters. The van der Waals surface area contributed by atoms with E-state index in [1.165, 1.54) is 37.4 Å². The maximum Gasteiger partial charge on any atom is 0.263 e. The summed E-state index contributed by atoms with van der Waals surface area (Å²) >= 11 is 5.89. The molecule has 108 valence electrons. The quantitative estimate of drug-likeness (QED) is 0.938. The average Bonchev–Trinajstić information content (AvgIpc) is 2.49. The van der Waals surface area contributed by atoms with Crippen molar-refractivity contribution in [1.82, 2.24) is 0 Å². The SMILES string of the molecule is COc1cc(NS(=O)(=O)c2ccccc2C#N)ccc1Cl. The van der Waals surface area contributed by atoms with Gasteiger partial charge in [0.15, 0.2) is 0 Å². The third-order valence-electron chi connectivity index (χ3n) is 2.70. The van der Waals surface area contributed by atoms with Gasteiger partial charge in [0.25, 0.3) is 10.0 Å². The lowest BCUT2D eigenvalue weighted by molar-refractivity contribution is 0.415. The van der Waals surface area contributed by atoms with Gasteiger partial charge in [0.1, 0.15) is 16.7 Å². The van der Waals surface area contributed by atoms with Gasteiger partial charge in [-0.3, -0.25) is 4.72 Å². The molecule has 0 saturated heterocycles. The molecular formula is C14H11ClN2O3S. The van der Waals surface area contributed by atoms with E-state index in [-0.39, 0.29) is 10.5 Å². The summed E-state index contributed by atoms with van der Waals surface area (Å²) in [5.74, 6) is 0.352. The second-order valence-corrected chi connectivity index (χ2v) is 6.12. The standard InChI is InChI=1S/C14H11ClN2O3S/c1-20-13-8-11(6-7-12(13)15)17-21(18,19)14-5-3-2-4-10(14)9-16/h2-8,17H,1H3. The number of halogens is 1. The Morgan fingerprint density at radius 3 is 2.62 bits per heavy atom. The lowest BCUT2D eigenvalue weighted by atomic mass is 10.2. The predicted molar refractivity (Wildman–Crippen MR) is 80.0 cm³/mol. The molecule has 0 saturated carbocycles. The lowest BCUT2D eigenvalue weighted by Gasteiger charge is -2.11. The minimum atomic E-state index is -3.87. The molecule has 1 N–H and O–H groups in total. The van der Waals surface area contributed by atoms with Crippen LogP contribution >= 0.6 is 11.6 Å². The second kappa shape index (κ2) is 6.04. The Hall–Kier alpha value is -2.23. The fourth-order valence-electron chi connectivity index (χ4n) is 1.73. The molecule has 2 aromatic carbocycles. The van der Waals surface area contributed by atoms with E-state index in [1.54, 1.807) is 12.1 Å². The minimum absolute atomic E-state index is 0.0749. The van der Waals surface area contributed by atoms with Crippen molar-refractivity contribution in [2.75, 3.05) is 11.8 Å². The predicted octanol–water partition coefficient (Wildman–Crippen LogP) is 3.02. The van der Waals surface area contributed by atoms with E-state index in [2.05, 4.69) is 4.72 Å². The number of nitrogens with zero attached hydrogens (tertiary/aromatic N) is 1. The molecule has 0 heterocycles. The van der Waals surface area contributed by atoms with Gasteiger partial charge >= 0.3 is 0 Å². The van der Waals surface area contributed by atoms with E-state index in [0.717, 1.165) is 0 Å². The zero-order valence-corrected chi connectivity index (χ0v) is 12.6. The van der Waals surface area contributed by atoms with Crippen LogP contribution < -0.4 is 9.46 Å². The van der Waals surface area contributed by atoms with Gasteiger partial charge in [0, 0.05) is 6.07 Å². The molecule has 21 heavy (non-hydrogen) atoms. The highest BCUT2D eigenvalue weighted by molar-refractivity contribution is 7.92. The largest absolute Gasteiger partial charge is 0.495 e. The van der Waals surface area contributed by atoms with Crippen LogP contribution in [0.4, 0.5) is 5.69 Å². The fraction of sp³-hybridized carbons (Fsp3) is 0.0714. The Morgan fingerprint density at radius 1 is 1.24 bits per heavy atom. The van der Waals surface area contributed by atoms with Crippen molar-refractivity contribution in [3.05, 3.63) is 53.1 Å². The van der Waals surface area contributed by atoms with Crippen LogP contribution in [-0.4, -0.2) is 15.5 Å². The van der Waals surface area contributed by atoms with Crippen molar-refractivity contribution in [1.29, 1.82) is 5.26 Å². The summed E-state index contributed by atoms with van der Waals surface area (Å²) in [6.07, 6.45) is 0. The van der Waals surface area contributed by atoms with E-state index in [9.17, 15) is 8.42 Å². The summed E-state index contributed by atoms with van der Waals surface area (Å²) in [5, 5.41) is 9.36. The summed E-state index contributed by atoms with van der Waals surface area (Å²) < 4.78 is 32.1. The van der Waals surface area contributed by atoms with Crippen molar-refractivity contribution in [3.8, 4) is 11.8 Å². The first kappa shape index (κ1) is 15.2. The van der Waals surface area contributed by atoms with Crippen LogP contribution in [0.15, 0.2) is 47.4 Å². The molecule has 0 spiro atoms. The van der Waals surface area contributed by atoms with Gasteiger partial charge in [0.2, 0.25) is 0 Å². The van der Waals surface area contributed by atoms with E-state index in [0.29, 0.717) is 16.5 Å². The molecule has 0 unspecified atom stereocenters. The summed E-state index contributed by atoms with van der Waals surface area (Å²) in [7, 11) is -2.43. The number of sulfonamides is 1. The highest BCUT2D eigenvalue weighted by atomic mass is 35.5. The van der Waals surface area contributed by atoms with Gasteiger partial charge in [0.05, 0.1) is 23.4 Å². The average molecular weight is 323 g/mol. The topological polar surface area (TPSA) is 79.2 Å². The maximum absolute atomic E-state index is 12.3. The first-order valence-electron chi connectivity index (χ1n) is 5.83. The number of ether oxygens (including phenoxy) is 1. The summed E-state index contributed by atoms with van der Waals surface area (Å²) in [4.78, 5) is -0.0820. The molecule has 0 aliphatic heterocycles. The minimum Gasteiger partial charge on any atom is -0.495 e. The molecule has 0 fully saturated rings. The monoisotopic (exact) mass is 322 g/mol. The molecule has 0 radical (unpaired) electrons. The third-order valence-corrected chi connectivity index (χ3v) is 4.45. The molecule has 7 heteroatoms. The van der Waals surface area contributed by atoms with Crippen LogP contribution in [0.2, 0.25) is 5.02 Å².